The first-order chi connectivity index (χ1) is 16.5. The summed E-state index contributed by atoms with van der Waals surface area (Å²) < 4.78 is 19.1. The van der Waals surface area contributed by atoms with Crippen LogP contribution in [-0.2, 0) is 24.2 Å². The van der Waals surface area contributed by atoms with Crippen LogP contribution in [0.25, 0.3) is 16.4 Å². The van der Waals surface area contributed by atoms with Crippen LogP contribution in [0.15, 0.2) is 47.3 Å². The third-order valence-corrected chi connectivity index (χ3v) is 5.79. The van der Waals surface area contributed by atoms with Crippen LogP contribution in [0.3, 0.4) is 0 Å². The van der Waals surface area contributed by atoms with Crippen molar-refractivity contribution in [2.45, 2.75) is 26.3 Å². The zero-order valence-electron chi connectivity index (χ0n) is 19.8. The van der Waals surface area contributed by atoms with Crippen LogP contribution >= 0.6 is 0 Å². The number of carbonyl (C=O) groups is 1. The predicted octanol–water partition coefficient (Wildman–Crippen LogP) is 2.60. The standard InChI is InChI=1S/C25H28N4O5/c1-5-23-27-28(25(31)20-14-18-19(29(20)23)7-6-8-21(18)33-3)15-24(30)26-12-11-16-9-10-17(32-2)13-22(16)34-4/h6-10,13-14H,5,11-12,15H2,1-4H3,(H,26,30). The molecule has 0 atom stereocenters. The Morgan fingerprint density at radius 2 is 1.79 bits per heavy atom. The van der Waals surface area contributed by atoms with E-state index in [2.05, 4.69) is 10.4 Å². The molecule has 2 aromatic heterocycles. The van der Waals surface area contributed by atoms with Crippen LogP contribution in [0.2, 0.25) is 0 Å². The third-order valence-electron chi connectivity index (χ3n) is 5.79. The molecule has 2 heterocycles. The van der Waals surface area contributed by atoms with Gasteiger partial charge in [-0.1, -0.05) is 19.1 Å². The predicted molar refractivity (Wildman–Crippen MR) is 129 cm³/mol. The molecule has 4 aromatic rings. The maximum Gasteiger partial charge on any atom is 0.291 e. The lowest BCUT2D eigenvalue weighted by Crippen LogP contribution is -2.36. The van der Waals surface area contributed by atoms with E-state index in [1.165, 1.54) is 4.68 Å². The number of amides is 1. The summed E-state index contributed by atoms with van der Waals surface area (Å²) in [7, 11) is 4.79. The molecular weight excluding hydrogens is 436 g/mol. The molecule has 0 aliphatic heterocycles. The highest BCUT2D eigenvalue weighted by molar-refractivity contribution is 5.92. The summed E-state index contributed by atoms with van der Waals surface area (Å²) in [6.07, 6.45) is 1.17. The fourth-order valence-corrected chi connectivity index (χ4v) is 4.10. The number of hydrogen-bond donors (Lipinski definition) is 1. The summed E-state index contributed by atoms with van der Waals surface area (Å²) in [6, 6.07) is 13.0. The lowest BCUT2D eigenvalue weighted by molar-refractivity contribution is -0.121. The lowest BCUT2D eigenvalue weighted by atomic mass is 10.1. The summed E-state index contributed by atoms with van der Waals surface area (Å²) in [5.74, 6) is 2.48. The molecule has 0 aliphatic rings. The zero-order valence-corrected chi connectivity index (χ0v) is 19.8. The number of rotatable bonds is 9. The molecule has 1 N–H and O–H groups in total. The average Bonchev–Trinajstić information content (AvgIpc) is 3.26. The molecule has 1 amide bonds. The van der Waals surface area contributed by atoms with E-state index >= 15 is 0 Å². The first kappa shape index (κ1) is 23.2. The van der Waals surface area contributed by atoms with Gasteiger partial charge in [-0.15, -0.1) is 0 Å². The van der Waals surface area contributed by atoms with Gasteiger partial charge in [-0.3, -0.25) is 14.0 Å². The number of aromatic nitrogens is 3. The van der Waals surface area contributed by atoms with Crippen LogP contribution in [0.4, 0.5) is 0 Å². The topological polar surface area (TPSA) is 96.1 Å². The fourth-order valence-electron chi connectivity index (χ4n) is 4.10. The fraction of sp³-hybridized carbons (Fsp3) is 0.320. The zero-order chi connectivity index (χ0) is 24.2. The van der Waals surface area contributed by atoms with Gasteiger partial charge in [0.25, 0.3) is 5.56 Å². The van der Waals surface area contributed by atoms with E-state index in [0.717, 1.165) is 16.5 Å². The van der Waals surface area contributed by atoms with Gasteiger partial charge < -0.3 is 19.5 Å². The Labute approximate surface area is 196 Å². The van der Waals surface area contributed by atoms with Crippen molar-refractivity contribution in [3.63, 3.8) is 0 Å². The van der Waals surface area contributed by atoms with Gasteiger partial charge >= 0.3 is 0 Å². The van der Waals surface area contributed by atoms with Crippen LogP contribution < -0.4 is 25.1 Å². The van der Waals surface area contributed by atoms with Crippen molar-refractivity contribution in [3.8, 4) is 17.2 Å². The lowest BCUT2D eigenvalue weighted by Gasteiger charge is -2.12. The van der Waals surface area contributed by atoms with E-state index in [1.54, 1.807) is 33.5 Å². The number of fused-ring (bicyclic) bond motifs is 3. The van der Waals surface area contributed by atoms with Gasteiger partial charge in [-0.2, -0.15) is 5.10 Å². The monoisotopic (exact) mass is 464 g/mol. The minimum Gasteiger partial charge on any atom is -0.497 e. The highest BCUT2D eigenvalue weighted by atomic mass is 16.5. The molecule has 0 saturated heterocycles. The Morgan fingerprint density at radius 1 is 1.00 bits per heavy atom. The molecule has 0 fully saturated rings. The molecule has 0 spiro atoms. The van der Waals surface area contributed by atoms with Crippen molar-refractivity contribution >= 4 is 22.3 Å². The van der Waals surface area contributed by atoms with E-state index in [-0.39, 0.29) is 18.0 Å². The van der Waals surface area contributed by atoms with Gasteiger partial charge in [-0.05, 0) is 36.2 Å². The normalized spacial score (nSPS) is 11.1. The summed E-state index contributed by atoms with van der Waals surface area (Å²) in [4.78, 5) is 25.8. The van der Waals surface area contributed by atoms with Crippen LogP contribution in [0.1, 0.15) is 18.3 Å². The number of benzene rings is 2. The van der Waals surface area contributed by atoms with E-state index in [1.807, 2.05) is 41.7 Å². The van der Waals surface area contributed by atoms with E-state index in [0.29, 0.717) is 48.0 Å². The molecule has 0 aliphatic carbocycles. The number of hydrogen-bond acceptors (Lipinski definition) is 6. The van der Waals surface area contributed by atoms with Crippen LogP contribution in [0.5, 0.6) is 17.2 Å². The van der Waals surface area contributed by atoms with Gasteiger partial charge in [0.1, 0.15) is 35.1 Å². The first-order valence-corrected chi connectivity index (χ1v) is 11.1. The van der Waals surface area contributed by atoms with Crippen LogP contribution in [-0.4, -0.2) is 48.0 Å². The van der Waals surface area contributed by atoms with Crippen molar-refractivity contribution in [2.75, 3.05) is 27.9 Å². The van der Waals surface area contributed by atoms with Gasteiger partial charge in [0, 0.05) is 24.4 Å². The molecule has 2 aromatic carbocycles. The van der Waals surface area contributed by atoms with Crippen molar-refractivity contribution in [2.24, 2.45) is 0 Å². The smallest absolute Gasteiger partial charge is 0.291 e. The molecule has 178 valence electrons. The van der Waals surface area contributed by atoms with E-state index in [4.69, 9.17) is 14.2 Å². The van der Waals surface area contributed by atoms with E-state index in [9.17, 15) is 9.59 Å². The molecule has 0 unspecified atom stereocenters. The van der Waals surface area contributed by atoms with Gasteiger partial charge in [0.15, 0.2) is 0 Å². The minimum absolute atomic E-state index is 0.166. The molecule has 4 rings (SSSR count). The average molecular weight is 465 g/mol. The van der Waals surface area contributed by atoms with Crippen molar-refractivity contribution < 1.29 is 19.0 Å². The quantitative estimate of drug-likeness (QED) is 0.409. The number of nitrogens with one attached hydrogen (secondary N) is 1. The highest BCUT2D eigenvalue weighted by Gasteiger charge is 2.17. The number of aryl methyl sites for hydroxylation is 1. The molecule has 0 radical (unpaired) electrons. The summed E-state index contributed by atoms with van der Waals surface area (Å²) in [5, 5.41) is 8.17. The van der Waals surface area contributed by atoms with Gasteiger partial charge in [-0.25, -0.2) is 4.68 Å². The summed E-state index contributed by atoms with van der Waals surface area (Å²) in [5.41, 5.74) is 1.92. The van der Waals surface area contributed by atoms with E-state index < -0.39 is 0 Å². The van der Waals surface area contributed by atoms with Gasteiger partial charge in [0.2, 0.25) is 5.91 Å². The summed E-state index contributed by atoms with van der Waals surface area (Å²) in [6.45, 7) is 2.19. The van der Waals surface area contributed by atoms with Gasteiger partial charge in [0.05, 0.1) is 26.8 Å². The maximum absolute atomic E-state index is 13.2. The first-order valence-electron chi connectivity index (χ1n) is 11.1. The SMILES string of the molecule is CCc1nn(CC(=O)NCCc2ccc(OC)cc2OC)c(=O)c2cc3c(OC)cccc3n12. The molecular formula is C25H28N4O5. The Balaban J connectivity index is 1.54. The Morgan fingerprint density at radius 3 is 2.50 bits per heavy atom. The largest absolute Gasteiger partial charge is 0.497 e. The second-order valence-electron chi connectivity index (χ2n) is 7.77. The highest BCUT2D eigenvalue weighted by Crippen LogP contribution is 2.28. The number of carbonyl (C=O) groups excluding carboxylic acids is 1. The third kappa shape index (κ3) is 4.28. The number of methoxy groups -OCH3 is 3. The Bertz CT molecular complexity index is 1410. The van der Waals surface area contributed by atoms with Crippen molar-refractivity contribution in [1.82, 2.24) is 19.5 Å². The van der Waals surface area contributed by atoms with Crippen molar-refractivity contribution in [3.05, 3.63) is 64.2 Å². The minimum atomic E-state index is -0.331. The Hall–Kier alpha value is -4.01. The summed E-state index contributed by atoms with van der Waals surface area (Å²) >= 11 is 0. The molecule has 0 bridgehead atoms. The molecule has 9 heteroatoms. The molecule has 0 saturated carbocycles. The second kappa shape index (κ2) is 9.86. The molecule has 34 heavy (non-hydrogen) atoms. The maximum atomic E-state index is 13.2. The number of nitrogens with zero attached hydrogens (tertiary/aromatic N) is 3. The Kier molecular flexibility index (Phi) is 6.72. The number of ether oxygens (including phenoxy) is 3. The van der Waals surface area contributed by atoms with Crippen LogP contribution in [0, 0.1) is 0 Å². The second-order valence-corrected chi connectivity index (χ2v) is 7.77. The van der Waals surface area contributed by atoms with Crippen molar-refractivity contribution in [1.29, 1.82) is 0 Å². The molecule has 9 nitrogen and oxygen atoms in total.